The number of fused-ring (bicyclic) bond motifs is 1. The van der Waals surface area contributed by atoms with Crippen LogP contribution < -0.4 is 14.2 Å². The zero-order chi connectivity index (χ0) is 19.4. The molecular formula is C21H23NO5. The van der Waals surface area contributed by atoms with E-state index in [0.717, 1.165) is 0 Å². The monoisotopic (exact) mass is 369 g/mol. The van der Waals surface area contributed by atoms with Crippen LogP contribution in [0.3, 0.4) is 0 Å². The summed E-state index contributed by atoms with van der Waals surface area (Å²) in [5, 5.41) is 0. The second kappa shape index (κ2) is 8.12. The van der Waals surface area contributed by atoms with Gasteiger partial charge in [0, 0.05) is 18.2 Å². The molecule has 0 saturated heterocycles. The summed E-state index contributed by atoms with van der Waals surface area (Å²) in [6.07, 6.45) is -0.0930. The van der Waals surface area contributed by atoms with Crippen LogP contribution in [0.2, 0.25) is 0 Å². The van der Waals surface area contributed by atoms with E-state index in [1.807, 2.05) is 24.3 Å². The Morgan fingerprint density at radius 1 is 1.19 bits per heavy atom. The molecule has 1 amide bonds. The molecule has 0 spiro atoms. The molecule has 27 heavy (non-hydrogen) atoms. The van der Waals surface area contributed by atoms with Gasteiger partial charge in [0.2, 0.25) is 5.91 Å². The fourth-order valence-electron chi connectivity index (χ4n) is 2.99. The number of amides is 1. The number of benzene rings is 2. The van der Waals surface area contributed by atoms with Crippen molar-refractivity contribution in [2.75, 3.05) is 27.3 Å². The highest BCUT2D eigenvalue weighted by Gasteiger charge is 2.24. The van der Waals surface area contributed by atoms with E-state index in [0.29, 0.717) is 41.5 Å². The minimum absolute atomic E-state index is 0.0499. The van der Waals surface area contributed by atoms with Crippen LogP contribution in [0.4, 0.5) is 0 Å². The molecule has 1 aliphatic rings. The minimum Gasteiger partial charge on any atom is -0.496 e. The van der Waals surface area contributed by atoms with Crippen molar-refractivity contribution in [3.8, 4) is 17.2 Å². The molecule has 0 radical (unpaired) electrons. The normalized spacial score (nSPS) is 15.1. The zero-order valence-corrected chi connectivity index (χ0v) is 15.7. The van der Waals surface area contributed by atoms with E-state index in [1.54, 1.807) is 37.3 Å². The number of ketones is 1. The molecule has 6 heteroatoms. The van der Waals surface area contributed by atoms with Crippen molar-refractivity contribution in [2.24, 2.45) is 0 Å². The molecular weight excluding hydrogens is 346 g/mol. The maximum Gasteiger partial charge on any atom is 0.227 e. The van der Waals surface area contributed by atoms with Crippen molar-refractivity contribution >= 4 is 11.7 Å². The lowest BCUT2D eigenvalue weighted by molar-refractivity contribution is -0.130. The third-order valence-electron chi connectivity index (χ3n) is 4.50. The van der Waals surface area contributed by atoms with Gasteiger partial charge in [-0.2, -0.15) is 0 Å². The van der Waals surface area contributed by atoms with Crippen molar-refractivity contribution in [3.63, 3.8) is 0 Å². The lowest BCUT2D eigenvalue weighted by Crippen LogP contribution is -2.42. The Labute approximate surface area is 158 Å². The Morgan fingerprint density at radius 2 is 1.93 bits per heavy atom. The second-order valence-corrected chi connectivity index (χ2v) is 6.53. The number of carbonyl (C=O) groups is 2. The largest absolute Gasteiger partial charge is 0.496 e. The summed E-state index contributed by atoms with van der Waals surface area (Å²) in [7, 11) is 3.28. The Hall–Kier alpha value is -3.02. The second-order valence-electron chi connectivity index (χ2n) is 6.53. The molecule has 0 unspecified atom stereocenters. The van der Waals surface area contributed by atoms with Gasteiger partial charge < -0.3 is 19.1 Å². The van der Waals surface area contributed by atoms with Gasteiger partial charge in [0.1, 0.15) is 12.4 Å². The maximum atomic E-state index is 12.7. The molecule has 1 heterocycles. The van der Waals surface area contributed by atoms with E-state index in [9.17, 15) is 9.59 Å². The number of hydrogen-bond donors (Lipinski definition) is 0. The predicted octanol–water partition coefficient (Wildman–Crippen LogP) is 2.74. The highest BCUT2D eigenvalue weighted by atomic mass is 16.6. The summed E-state index contributed by atoms with van der Waals surface area (Å²) in [6, 6.07) is 12.6. The van der Waals surface area contributed by atoms with Gasteiger partial charge in [0.05, 0.1) is 20.1 Å². The van der Waals surface area contributed by atoms with Crippen LogP contribution in [0, 0.1) is 0 Å². The van der Waals surface area contributed by atoms with Crippen LogP contribution in [0.5, 0.6) is 17.2 Å². The lowest BCUT2D eigenvalue weighted by Gasteiger charge is -2.29. The molecule has 0 bridgehead atoms. The van der Waals surface area contributed by atoms with E-state index in [4.69, 9.17) is 14.2 Å². The molecule has 0 aliphatic carbocycles. The fourth-order valence-corrected chi connectivity index (χ4v) is 2.99. The average Bonchev–Trinajstić information content (AvgIpc) is 2.67. The number of rotatable bonds is 6. The molecule has 6 nitrogen and oxygen atoms in total. The Kier molecular flexibility index (Phi) is 5.64. The maximum absolute atomic E-state index is 12.7. The lowest BCUT2D eigenvalue weighted by atomic mass is 10.0. The van der Waals surface area contributed by atoms with Gasteiger partial charge in [0.15, 0.2) is 23.4 Å². The van der Waals surface area contributed by atoms with Crippen LogP contribution in [-0.4, -0.2) is 50.0 Å². The van der Waals surface area contributed by atoms with E-state index < -0.39 is 0 Å². The number of hydrogen-bond acceptors (Lipinski definition) is 5. The van der Waals surface area contributed by atoms with Crippen LogP contribution in [0.25, 0.3) is 0 Å². The first-order valence-electron chi connectivity index (χ1n) is 8.78. The molecule has 2 aromatic rings. The highest BCUT2D eigenvalue weighted by molar-refractivity contribution is 5.94. The van der Waals surface area contributed by atoms with Gasteiger partial charge in [0.25, 0.3) is 0 Å². The summed E-state index contributed by atoms with van der Waals surface area (Å²) < 4.78 is 16.9. The first-order chi connectivity index (χ1) is 13.0. The van der Waals surface area contributed by atoms with Gasteiger partial charge >= 0.3 is 0 Å². The third kappa shape index (κ3) is 4.39. The molecule has 0 N–H and O–H groups in total. The zero-order valence-electron chi connectivity index (χ0n) is 15.7. The van der Waals surface area contributed by atoms with Gasteiger partial charge in [-0.3, -0.25) is 9.59 Å². The summed E-state index contributed by atoms with van der Waals surface area (Å²) in [5.41, 5.74) is 1.25. The van der Waals surface area contributed by atoms with Gasteiger partial charge in [-0.1, -0.05) is 12.1 Å². The van der Waals surface area contributed by atoms with E-state index in [2.05, 4.69) is 0 Å². The fraction of sp³-hybridized carbons (Fsp3) is 0.333. The molecule has 142 valence electrons. The minimum atomic E-state index is -0.237. The number of ether oxygens (including phenoxy) is 3. The summed E-state index contributed by atoms with van der Waals surface area (Å²) in [4.78, 5) is 25.9. The number of para-hydroxylation sites is 2. The van der Waals surface area contributed by atoms with E-state index in [1.165, 1.54) is 6.92 Å². The highest BCUT2D eigenvalue weighted by Crippen LogP contribution is 2.31. The summed E-state index contributed by atoms with van der Waals surface area (Å²) in [5.74, 6) is 1.86. The first kappa shape index (κ1) is 18.8. The first-order valence-corrected chi connectivity index (χ1v) is 8.78. The van der Waals surface area contributed by atoms with Crippen LogP contribution >= 0.6 is 0 Å². The van der Waals surface area contributed by atoms with Crippen LogP contribution in [0.1, 0.15) is 22.8 Å². The molecule has 1 aliphatic heterocycles. The molecule has 3 rings (SSSR count). The average molecular weight is 369 g/mol. The number of Topliss-reactive ketones (excluding diaryl/α,β-unsaturated/α-hetero) is 1. The van der Waals surface area contributed by atoms with Crippen molar-refractivity contribution in [1.82, 2.24) is 4.90 Å². The van der Waals surface area contributed by atoms with Gasteiger partial charge in [-0.25, -0.2) is 0 Å². The van der Waals surface area contributed by atoms with Crippen molar-refractivity contribution < 1.29 is 23.8 Å². The Bertz CT molecular complexity index is 848. The van der Waals surface area contributed by atoms with Crippen LogP contribution in [-0.2, 0) is 11.2 Å². The Morgan fingerprint density at radius 3 is 2.63 bits per heavy atom. The molecule has 2 aromatic carbocycles. The standard InChI is InChI=1S/C21H23NO5/c1-14(23)15-8-9-18(25-3)16(10-15)11-21(24)22(2)12-17-13-26-19-6-4-5-7-20(19)27-17/h4-10,17H,11-13H2,1-3H3/t17-/m1/s1. The number of methoxy groups -OCH3 is 1. The van der Waals surface area contributed by atoms with Gasteiger partial charge in [-0.05, 0) is 37.3 Å². The van der Waals surface area contributed by atoms with Crippen molar-refractivity contribution in [1.29, 1.82) is 0 Å². The van der Waals surface area contributed by atoms with E-state index >= 15 is 0 Å². The molecule has 1 atom stereocenters. The number of likely N-dealkylation sites (N-methyl/N-ethyl adjacent to an activating group) is 1. The smallest absolute Gasteiger partial charge is 0.227 e. The van der Waals surface area contributed by atoms with Gasteiger partial charge in [-0.15, -0.1) is 0 Å². The van der Waals surface area contributed by atoms with Crippen molar-refractivity contribution in [3.05, 3.63) is 53.6 Å². The van der Waals surface area contributed by atoms with Crippen molar-refractivity contribution in [2.45, 2.75) is 19.4 Å². The summed E-state index contributed by atoms with van der Waals surface area (Å²) >= 11 is 0. The molecule has 0 saturated carbocycles. The predicted molar refractivity (Wildman–Crippen MR) is 101 cm³/mol. The van der Waals surface area contributed by atoms with Crippen LogP contribution in [0.15, 0.2) is 42.5 Å². The quantitative estimate of drug-likeness (QED) is 0.733. The third-order valence-corrected chi connectivity index (χ3v) is 4.50. The number of nitrogens with zero attached hydrogens (tertiary/aromatic N) is 1. The summed E-state index contributed by atoms with van der Waals surface area (Å²) in [6.45, 7) is 2.29. The Balaban J connectivity index is 1.65. The molecule has 0 fully saturated rings. The van der Waals surface area contributed by atoms with E-state index in [-0.39, 0.29) is 24.2 Å². The topological polar surface area (TPSA) is 65.1 Å². The number of carbonyl (C=O) groups excluding carboxylic acids is 2. The molecule has 0 aromatic heterocycles. The SMILES string of the molecule is COc1ccc(C(C)=O)cc1CC(=O)N(C)C[C@@H]1COc2ccccc2O1.